The van der Waals surface area contributed by atoms with E-state index in [9.17, 15) is 9.00 Å². The number of ether oxygens (including phenoxy) is 1. The lowest BCUT2D eigenvalue weighted by Gasteiger charge is -2.49. The van der Waals surface area contributed by atoms with Crippen LogP contribution in [0.3, 0.4) is 0 Å². The largest absolute Gasteiger partial charge is 0.492 e. The summed E-state index contributed by atoms with van der Waals surface area (Å²) in [5.41, 5.74) is 5.79. The molecule has 0 spiro atoms. The number of aliphatic imine (C=N–C) groups is 1. The Hall–Kier alpha value is -3.14. The Morgan fingerprint density at radius 2 is 2.06 bits per heavy atom. The number of hydrogen-bond donors (Lipinski definition) is 3. The van der Waals surface area contributed by atoms with Crippen LogP contribution < -0.4 is 15.8 Å². The summed E-state index contributed by atoms with van der Waals surface area (Å²) >= 11 is 0. The number of nitrogens with zero attached hydrogens (tertiary/aromatic N) is 3. The first-order chi connectivity index (χ1) is 15.5. The number of aromatic nitrogens is 1. The molecule has 2 aromatic rings. The van der Waals surface area contributed by atoms with Gasteiger partial charge in [-0.2, -0.15) is 0 Å². The first-order valence-corrected chi connectivity index (χ1v) is 12.5. The summed E-state index contributed by atoms with van der Waals surface area (Å²) in [5, 5.41) is 2.21. The van der Waals surface area contributed by atoms with Gasteiger partial charge in [-0.1, -0.05) is 0 Å². The lowest BCUT2D eigenvalue weighted by Crippen LogP contribution is -2.61. The molecule has 0 saturated carbocycles. The van der Waals surface area contributed by atoms with E-state index in [1.165, 1.54) is 24.4 Å². The van der Waals surface area contributed by atoms with Gasteiger partial charge in [0.1, 0.15) is 28.6 Å². The van der Waals surface area contributed by atoms with Crippen molar-refractivity contribution in [1.82, 2.24) is 4.98 Å². The van der Waals surface area contributed by atoms with Crippen LogP contribution in [0.1, 0.15) is 50.2 Å². The minimum atomic E-state index is -3.20. The second-order valence-corrected chi connectivity index (χ2v) is 12.1. The van der Waals surface area contributed by atoms with Crippen LogP contribution in [0.15, 0.2) is 45.9 Å². The topological polar surface area (TPSA) is 119 Å². The number of anilines is 1. The lowest BCUT2D eigenvalue weighted by molar-refractivity contribution is 0.102. The number of nitrogens with two attached hydrogens (primary N) is 1. The van der Waals surface area contributed by atoms with Gasteiger partial charge >= 0.3 is 0 Å². The molecule has 2 aliphatic rings. The molecule has 176 valence electrons. The molecular weight excluding hydrogens is 445 g/mol. The quantitative estimate of drug-likeness (QED) is 0.577. The van der Waals surface area contributed by atoms with Crippen molar-refractivity contribution in [2.45, 2.75) is 49.7 Å². The van der Waals surface area contributed by atoms with Crippen molar-refractivity contribution in [2.75, 3.05) is 11.9 Å². The molecule has 1 amide bonds. The van der Waals surface area contributed by atoms with Crippen LogP contribution in [0.4, 0.5) is 10.1 Å². The summed E-state index contributed by atoms with van der Waals surface area (Å²) in [4.78, 5) is 21.5. The average molecular weight is 474 g/mol. The first-order valence-electron chi connectivity index (χ1n) is 10.7. The highest BCUT2D eigenvalue weighted by molar-refractivity contribution is 8.04. The molecule has 0 unspecified atom stereocenters. The Balaban J connectivity index is 1.68. The van der Waals surface area contributed by atoms with E-state index in [1.807, 2.05) is 6.92 Å². The van der Waals surface area contributed by atoms with E-state index in [4.69, 9.17) is 10.5 Å². The molecule has 8 nitrogen and oxygen atoms in total. The molecule has 10 heteroatoms. The van der Waals surface area contributed by atoms with Crippen molar-refractivity contribution in [1.29, 1.82) is 0 Å². The zero-order chi connectivity index (χ0) is 24.0. The number of amides is 1. The van der Waals surface area contributed by atoms with Crippen molar-refractivity contribution in [3.63, 3.8) is 0 Å². The van der Waals surface area contributed by atoms with E-state index in [-0.39, 0.29) is 17.1 Å². The van der Waals surface area contributed by atoms with Crippen LogP contribution in [0.2, 0.25) is 0 Å². The van der Waals surface area contributed by atoms with Crippen LogP contribution in [-0.2, 0) is 15.7 Å². The zero-order valence-corrected chi connectivity index (χ0v) is 19.9. The fourth-order valence-corrected chi connectivity index (χ4v) is 7.62. The summed E-state index contributed by atoms with van der Waals surface area (Å²) in [6, 6.07) is 7.43. The average Bonchev–Trinajstić information content (AvgIpc) is 3.19. The van der Waals surface area contributed by atoms with Gasteiger partial charge in [0.25, 0.3) is 5.91 Å². The number of thiol groups is 1. The minimum absolute atomic E-state index is 0.177. The normalized spacial score (nSPS) is 25.6. The molecule has 1 aromatic heterocycles. The third-order valence-electron chi connectivity index (χ3n) is 6.48. The molecule has 0 fully saturated rings. The van der Waals surface area contributed by atoms with Gasteiger partial charge in [-0.05, 0) is 68.1 Å². The third-order valence-corrected chi connectivity index (χ3v) is 10.4. The third kappa shape index (κ3) is 3.62. The number of fused-ring (bicyclic) bond motifs is 1. The van der Waals surface area contributed by atoms with E-state index in [0.29, 0.717) is 24.5 Å². The molecule has 2 atom stereocenters. The monoisotopic (exact) mass is 473 g/mol. The number of carbonyl (C=O) groups is 1. The zero-order valence-electron chi connectivity index (χ0n) is 19.0. The molecule has 33 heavy (non-hydrogen) atoms. The smallest absolute Gasteiger partial charge is 0.274 e. The van der Waals surface area contributed by atoms with Crippen molar-refractivity contribution >= 4 is 33.8 Å². The minimum Gasteiger partial charge on any atom is -0.492 e. The van der Waals surface area contributed by atoms with Crippen LogP contribution >= 0.6 is 0 Å². The molecule has 3 N–H and O–H groups in total. The van der Waals surface area contributed by atoms with Crippen molar-refractivity contribution < 1.29 is 18.1 Å². The van der Waals surface area contributed by atoms with E-state index in [2.05, 4.69) is 19.7 Å². The summed E-state index contributed by atoms with van der Waals surface area (Å²) in [7, 11) is -3.20. The van der Waals surface area contributed by atoms with Gasteiger partial charge in [0.2, 0.25) is 0 Å². The van der Waals surface area contributed by atoms with Gasteiger partial charge in [-0.25, -0.2) is 13.8 Å². The lowest BCUT2D eigenvalue weighted by atomic mass is 9.86. The summed E-state index contributed by atoms with van der Waals surface area (Å²) in [6.07, 6.45) is 3.50. The predicted molar refractivity (Wildman–Crippen MR) is 129 cm³/mol. The fraction of sp³-hybridized carbons (Fsp3) is 0.391. The van der Waals surface area contributed by atoms with Crippen LogP contribution in [0.5, 0.6) is 5.75 Å². The van der Waals surface area contributed by atoms with Crippen LogP contribution in [0, 0.1) is 5.82 Å². The second kappa shape index (κ2) is 8.02. The van der Waals surface area contributed by atoms with E-state index in [1.54, 1.807) is 39.1 Å². The van der Waals surface area contributed by atoms with Gasteiger partial charge in [0.15, 0.2) is 0 Å². The summed E-state index contributed by atoms with van der Waals surface area (Å²) < 4.78 is 37.8. The SMILES string of the molecule is CCOc1ccc(C(=O)Nc2ccc(F)c([C@@]3(C)N=C(N)C(C)(C)[SH]4(=O)N=CC[C@@H]34)c2)nc1. The van der Waals surface area contributed by atoms with E-state index < -0.39 is 37.4 Å². The highest BCUT2D eigenvalue weighted by Gasteiger charge is 2.57. The second-order valence-electron chi connectivity index (χ2n) is 8.84. The van der Waals surface area contributed by atoms with Gasteiger partial charge in [0, 0.05) is 23.9 Å². The summed E-state index contributed by atoms with van der Waals surface area (Å²) in [5.74, 6) is -0.242. The number of nitrogens with one attached hydrogen (secondary N) is 1. The highest BCUT2D eigenvalue weighted by Crippen LogP contribution is 2.50. The Kier molecular flexibility index (Phi) is 5.60. The summed E-state index contributed by atoms with van der Waals surface area (Å²) in [6.45, 7) is 7.60. The molecule has 0 saturated heterocycles. The maximum Gasteiger partial charge on any atom is 0.274 e. The number of hydrogen-bond acceptors (Lipinski definition) is 6. The predicted octanol–water partition coefficient (Wildman–Crippen LogP) is 3.01. The standard InChI is InChI=1S/C23H28FN5O3S/c1-5-32-15-7-9-18(26-13-15)20(30)28-14-6-8-17(24)16(12-14)23(4)19-10-11-27-33(19,31)22(2,3)21(25)29-23/h6-9,11-13,19,33H,5,10H2,1-4H3,(H2,25,29)(H,28,30)/t19-,23+/m0/s1. The van der Waals surface area contributed by atoms with Crippen LogP contribution in [-0.4, -0.2) is 43.8 Å². The van der Waals surface area contributed by atoms with E-state index in [0.717, 1.165) is 0 Å². The molecule has 0 bridgehead atoms. The van der Waals surface area contributed by atoms with Crippen molar-refractivity contribution in [3.05, 3.63) is 53.6 Å². The van der Waals surface area contributed by atoms with Crippen molar-refractivity contribution in [3.8, 4) is 5.75 Å². The number of carbonyl (C=O) groups excluding carboxylic acids is 1. The van der Waals surface area contributed by atoms with Gasteiger partial charge in [0.05, 0.1) is 22.8 Å². The fourth-order valence-electron chi connectivity index (χ4n) is 4.41. The molecule has 0 aliphatic carbocycles. The van der Waals surface area contributed by atoms with Gasteiger partial charge in [-0.3, -0.25) is 14.0 Å². The number of pyridine rings is 1. The molecular formula is C23H28FN5O3S. The molecule has 4 rings (SSSR count). The molecule has 0 radical (unpaired) electrons. The molecule has 2 aliphatic heterocycles. The maximum absolute atomic E-state index is 15.1. The Morgan fingerprint density at radius 1 is 1.30 bits per heavy atom. The Bertz CT molecular complexity index is 1210. The number of halogens is 1. The van der Waals surface area contributed by atoms with Gasteiger partial charge in [-0.15, -0.1) is 0 Å². The van der Waals surface area contributed by atoms with E-state index >= 15 is 4.39 Å². The Labute approximate surface area is 193 Å². The number of benzene rings is 1. The van der Waals surface area contributed by atoms with Gasteiger partial charge < -0.3 is 15.8 Å². The number of amidine groups is 1. The first kappa shape index (κ1) is 23.0. The number of rotatable bonds is 5. The molecule has 3 heterocycles. The highest BCUT2D eigenvalue weighted by atomic mass is 32.3. The van der Waals surface area contributed by atoms with Crippen molar-refractivity contribution in [2.24, 2.45) is 15.1 Å². The van der Waals surface area contributed by atoms with Crippen LogP contribution in [0.25, 0.3) is 0 Å². The maximum atomic E-state index is 15.1. The Morgan fingerprint density at radius 3 is 2.73 bits per heavy atom. The molecule has 1 aromatic carbocycles.